The number of carbonyl (C=O) groups excluding carboxylic acids is 1. The lowest BCUT2D eigenvalue weighted by Gasteiger charge is -2.36. The fraction of sp³-hybridized carbons (Fsp3) is 0.444. The van der Waals surface area contributed by atoms with Crippen LogP contribution >= 0.6 is 0 Å². The van der Waals surface area contributed by atoms with E-state index in [0.29, 0.717) is 43.2 Å². The molecule has 1 saturated heterocycles. The summed E-state index contributed by atoms with van der Waals surface area (Å²) in [6.45, 7) is 5.76. The molecule has 1 unspecified atom stereocenters. The van der Waals surface area contributed by atoms with E-state index in [1.807, 2.05) is 0 Å². The highest BCUT2D eigenvalue weighted by Gasteiger charge is 2.35. The van der Waals surface area contributed by atoms with Crippen molar-refractivity contribution in [2.45, 2.75) is 38.1 Å². The number of hydrogen-bond donors (Lipinski definition) is 2. The number of halogens is 3. The van der Waals surface area contributed by atoms with Gasteiger partial charge < -0.3 is 15.0 Å². The van der Waals surface area contributed by atoms with Crippen LogP contribution in [0, 0.1) is 23.4 Å². The third-order valence-electron chi connectivity index (χ3n) is 7.38. The zero-order valence-corrected chi connectivity index (χ0v) is 19.8. The first-order valence-corrected chi connectivity index (χ1v) is 12.2. The Hall–Kier alpha value is -2.84. The second-order valence-electron chi connectivity index (χ2n) is 9.77. The topological polar surface area (TPSA) is 57.4 Å². The number of rotatable bonds is 7. The van der Waals surface area contributed by atoms with Crippen molar-refractivity contribution in [1.29, 1.82) is 0 Å². The first-order valence-electron chi connectivity index (χ1n) is 12.2. The summed E-state index contributed by atoms with van der Waals surface area (Å²) in [5, 5.41) is 3.58. The molecule has 5 nitrogen and oxygen atoms in total. The van der Waals surface area contributed by atoms with Gasteiger partial charge in [-0.2, -0.15) is 0 Å². The van der Waals surface area contributed by atoms with E-state index in [9.17, 15) is 18.0 Å². The molecule has 0 spiro atoms. The van der Waals surface area contributed by atoms with Crippen LogP contribution in [0.5, 0.6) is 0 Å². The molecule has 35 heavy (non-hydrogen) atoms. The van der Waals surface area contributed by atoms with Crippen molar-refractivity contribution >= 4 is 16.8 Å². The lowest BCUT2D eigenvalue weighted by atomic mass is 9.70. The first-order chi connectivity index (χ1) is 16.9. The van der Waals surface area contributed by atoms with E-state index < -0.39 is 11.6 Å². The van der Waals surface area contributed by atoms with Crippen molar-refractivity contribution in [1.82, 2.24) is 15.2 Å². The zero-order chi connectivity index (χ0) is 24.5. The summed E-state index contributed by atoms with van der Waals surface area (Å²) in [6, 6.07) is 8.40. The summed E-state index contributed by atoms with van der Waals surface area (Å²) < 4.78 is 47.5. The maximum Gasteiger partial charge on any atom is 0.221 e. The van der Waals surface area contributed by atoms with Gasteiger partial charge >= 0.3 is 0 Å². The van der Waals surface area contributed by atoms with Gasteiger partial charge in [0.2, 0.25) is 5.91 Å². The smallest absolute Gasteiger partial charge is 0.221 e. The first kappa shape index (κ1) is 23.9. The van der Waals surface area contributed by atoms with Gasteiger partial charge in [0.25, 0.3) is 0 Å². The Kier molecular flexibility index (Phi) is 6.84. The van der Waals surface area contributed by atoms with Crippen LogP contribution < -0.4 is 5.32 Å². The number of nitrogens with one attached hydrogen (secondary N) is 2. The molecule has 2 aliphatic rings. The molecule has 1 atom stereocenters. The summed E-state index contributed by atoms with van der Waals surface area (Å²) in [6.07, 6.45) is 2.06. The van der Waals surface area contributed by atoms with Crippen molar-refractivity contribution in [3.05, 3.63) is 59.4 Å². The van der Waals surface area contributed by atoms with Crippen molar-refractivity contribution in [2.24, 2.45) is 5.92 Å². The lowest BCUT2D eigenvalue weighted by molar-refractivity contribution is -0.123. The van der Waals surface area contributed by atoms with Crippen molar-refractivity contribution < 1.29 is 22.7 Å². The Bertz CT molecular complexity index is 1200. The summed E-state index contributed by atoms with van der Waals surface area (Å²) in [4.78, 5) is 17.9. The number of morpholine rings is 1. The van der Waals surface area contributed by atoms with Gasteiger partial charge in [0.05, 0.1) is 24.4 Å². The second-order valence-corrected chi connectivity index (χ2v) is 9.77. The molecule has 2 aromatic carbocycles. The number of benzene rings is 2. The zero-order valence-electron chi connectivity index (χ0n) is 19.8. The minimum Gasteiger partial charge on any atom is -0.379 e. The fourth-order valence-corrected chi connectivity index (χ4v) is 5.39. The van der Waals surface area contributed by atoms with E-state index in [-0.39, 0.29) is 29.2 Å². The predicted octanol–water partition coefficient (Wildman–Crippen LogP) is 4.97. The Morgan fingerprint density at radius 3 is 2.54 bits per heavy atom. The second kappa shape index (κ2) is 10.0. The molecule has 2 N–H and O–H groups in total. The van der Waals surface area contributed by atoms with Crippen LogP contribution in [-0.4, -0.2) is 54.7 Å². The van der Waals surface area contributed by atoms with E-state index >= 15 is 0 Å². The molecule has 5 rings (SSSR count). The minimum atomic E-state index is -0.646. The number of ether oxygens (including phenoxy) is 1. The number of aromatic amines is 1. The molecule has 2 fully saturated rings. The van der Waals surface area contributed by atoms with Gasteiger partial charge in [0.15, 0.2) is 0 Å². The van der Waals surface area contributed by atoms with Gasteiger partial charge in [0, 0.05) is 43.5 Å². The van der Waals surface area contributed by atoms with E-state index in [2.05, 4.69) is 22.1 Å². The number of amides is 1. The van der Waals surface area contributed by atoms with Crippen molar-refractivity contribution in [2.75, 3.05) is 32.8 Å². The van der Waals surface area contributed by atoms with Crippen LogP contribution in [0.4, 0.5) is 13.2 Å². The van der Waals surface area contributed by atoms with Crippen LogP contribution in [0.15, 0.2) is 36.4 Å². The predicted molar refractivity (Wildman–Crippen MR) is 129 cm³/mol. The number of fused-ring (bicyclic) bond motifs is 1. The van der Waals surface area contributed by atoms with Crippen LogP contribution in [0.2, 0.25) is 0 Å². The lowest BCUT2D eigenvalue weighted by Crippen LogP contribution is -2.45. The molecule has 0 bridgehead atoms. The highest BCUT2D eigenvalue weighted by Crippen LogP contribution is 2.48. The monoisotopic (exact) mass is 485 g/mol. The minimum absolute atomic E-state index is 0.0377. The van der Waals surface area contributed by atoms with Crippen molar-refractivity contribution in [3.63, 3.8) is 0 Å². The summed E-state index contributed by atoms with van der Waals surface area (Å²) >= 11 is 0. The number of hydrogen-bond acceptors (Lipinski definition) is 3. The molecular weight excluding hydrogens is 455 g/mol. The summed E-state index contributed by atoms with van der Waals surface area (Å²) in [7, 11) is 0. The van der Waals surface area contributed by atoms with Crippen LogP contribution in [-0.2, 0) is 9.53 Å². The van der Waals surface area contributed by atoms with Gasteiger partial charge in [-0.25, -0.2) is 13.2 Å². The largest absolute Gasteiger partial charge is 0.379 e. The SMILES string of the molecule is CC(CC(=O)NCC1CC(c2c(-c3ccc(F)cc3)[nH]c3c(F)cc(F)cc23)C1)N1CCOCC1. The molecule has 2 heterocycles. The highest BCUT2D eigenvalue weighted by molar-refractivity contribution is 5.92. The van der Waals surface area contributed by atoms with E-state index in [0.717, 1.165) is 43.1 Å². The van der Waals surface area contributed by atoms with Gasteiger partial charge in [0.1, 0.15) is 17.5 Å². The summed E-state index contributed by atoms with van der Waals surface area (Å²) in [5.41, 5.74) is 2.53. The van der Waals surface area contributed by atoms with Crippen LogP contribution in [0.1, 0.15) is 37.7 Å². The maximum atomic E-state index is 14.5. The Labute approximate surface area is 202 Å². The van der Waals surface area contributed by atoms with Gasteiger partial charge in [-0.1, -0.05) is 0 Å². The van der Waals surface area contributed by atoms with Gasteiger partial charge in [-0.15, -0.1) is 0 Å². The normalized spacial score (nSPS) is 21.6. The highest BCUT2D eigenvalue weighted by atomic mass is 19.1. The number of carbonyl (C=O) groups is 1. The third-order valence-corrected chi connectivity index (χ3v) is 7.38. The van der Waals surface area contributed by atoms with E-state index in [4.69, 9.17) is 4.74 Å². The van der Waals surface area contributed by atoms with Crippen LogP contribution in [0.25, 0.3) is 22.2 Å². The average Bonchev–Trinajstić information content (AvgIpc) is 3.18. The van der Waals surface area contributed by atoms with Crippen LogP contribution in [0.3, 0.4) is 0 Å². The molecule has 3 aromatic rings. The molecule has 186 valence electrons. The Balaban J connectivity index is 1.26. The molecule has 1 aliphatic heterocycles. The standard InChI is InChI=1S/C27H30F3N3O2/c1-16(33-6-8-35-9-7-33)10-24(34)31-15-17-11-19(12-17)25-22-13-21(29)14-23(30)27(22)32-26(25)18-2-4-20(28)5-3-18/h2-5,13-14,16-17,19,32H,6-12,15H2,1H3,(H,31,34). The molecule has 1 amide bonds. The third kappa shape index (κ3) is 5.09. The molecular formula is C27H30F3N3O2. The quantitative estimate of drug-likeness (QED) is 0.497. The average molecular weight is 486 g/mol. The van der Waals surface area contributed by atoms with E-state index in [1.165, 1.54) is 18.2 Å². The number of H-pyrrole nitrogens is 1. The Morgan fingerprint density at radius 2 is 1.83 bits per heavy atom. The summed E-state index contributed by atoms with van der Waals surface area (Å²) in [5.74, 6) is -1.20. The molecule has 1 saturated carbocycles. The molecule has 8 heteroatoms. The molecule has 0 radical (unpaired) electrons. The number of nitrogens with zero attached hydrogens (tertiary/aromatic N) is 1. The van der Waals surface area contributed by atoms with Gasteiger partial charge in [-0.3, -0.25) is 9.69 Å². The van der Waals surface area contributed by atoms with Gasteiger partial charge in [-0.05, 0) is 73.1 Å². The fourth-order valence-electron chi connectivity index (χ4n) is 5.39. The maximum absolute atomic E-state index is 14.5. The Morgan fingerprint density at radius 1 is 1.11 bits per heavy atom. The van der Waals surface area contributed by atoms with Crippen molar-refractivity contribution in [3.8, 4) is 11.3 Å². The molecule has 1 aliphatic carbocycles. The van der Waals surface area contributed by atoms with E-state index in [1.54, 1.807) is 12.1 Å². The molecule has 1 aromatic heterocycles. The number of aromatic nitrogens is 1.